The van der Waals surface area contributed by atoms with Crippen LogP contribution in [-0.4, -0.2) is 61.1 Å². The molecular weight excluding hydrogens is 369 g/mol. The van der Waals surface area contributed by atoms with Crippen molar-refractivity contribution in [3.05, 3.63) is 29.3 Å². The van der Waals surface area contributed by atoms with Crippen LogP contribution in [0, 0.1) is 0 Å². The summed E-state index contributed by atoms with van der Waals surface area (Å²) in [5, 5.41) is 8.96. The maximum Gasteiger partial charge on any atom is 0.416 e. The lowest BCUT2D eigenvalue weighted by Gasteiger charge is -2.23. The average molecular weight is 388 g/mol. The quantitative estimate of drug-likeness (QED) is 0.772. The monoisotopic (exact) mass is 388 g/mol. The number of hydrogen-bond donors (Lipinski definition) is 1. The molecule has 1 N–H and O–H groups in total. The highest BCUT2D eigenvalue weighted by molar-refractivity contribution is 6.00. The van der Waals surface area contributed by atoms with Gasteiger partial charge in [-0.05, 0) is 24.6 Å². The Hall–Kier alpha value is -2.62. The highest BCUT2D eigenvalue weighted by Crippen LogP contribution is 2.34. The number of anilines is 1. The van der Waals surface area contributed by atoms with E-state index in [1.807, 2.05) is 0 Å². The van der Waals surface area contributed by atoms with E-state index in [4.69, 9.17) is 9.84 Å². The fourth-order valence-electron chi connectivity index (χ4n) is 2.78. The molecule has 1 aliphatic rings. The molecule has 1 saturated heterocycles. The number of ether oxygens (including phenoxy) is 1. The minimum absolute atomic E-state index is 0.0233. The van der Waals surface area contributed by atoms with Crippen LogP contribution in [0.15, 0.2) is 18.2 Å². The summed E-state index contributed by atoms with van der Waals surface area (Å²) in [6, 6.07) is 2.66. The van der Waals surface area contributed by atoms with Crippen LogP contribution in [0.25, 0.3) is 0 Å². The summed E-state index contributed by atoms with van der Waals surface area (Å²) in [7, 11) is 1.35. The van der Waals surface area contributed by atoms with Crippen LogP contribution < -0.4 is 4.90 Å². The van der Waals surface area contributed by atoms with Gasteiger partial charge in [0.1, 0.15) is 6.54 Å². The molecule has 0 unspecified atom stereocenters. The van der Waals surface area contributed by atoms with Gasteiger partial charge in [0, 0.05) is 37.9 Å². The number of carboxylic acids is 1. The number of rotatable bonds is 7. The topological polar surface area (TPSA) is 87.2 Å². The first-order valence-corrected chi connectivity index (χ1v) is 8.16. The molecule has 0 aliphatic carbocycles. The van der Waals surface area contributed by atoms with Crippen LogP contribution in [0.4, 0.5) is 18.9 Å². The summed E-state index contributed by atoms with van der Waals surface area (Å²) in [6.07, 6.45) is -3.99. The van der Waals surface area contributed by atoms with E-state index < -0.39 is 30.2 Å². The zero-order valence-corrected chi connectivity index (χ0v) is 14.6. The Bertz CT molecular complexity index is 736. The SMILES string of the molecule is COCCN(CC(=O)O)C(=O)c1cc(N2CCCC2=O)cc(C(F)(F)F)c1. The molecule has 27 heavy (non-hydrogen) atoms. The Labute approximate surface area is 153 Å². The summed E-state index contributed by atoms with van der Waals surface area (Å²) >= 11 is 0. The van der Waals surface area contributed by atoms with Crippen molar-refractivity contribution in [1.82, 2.24) is 4.90 Å². The van der Waals surface area contributed by atoms with Crippen LogP contribution in [0.5, 0.6) is 0 Å². The van der Waals surface area contributed by atoms with Crippen molar-refractivity contribution >= 4 is 23.5 Å². The van der Waals surface area contributed by atoms with Gasteiger partial charge in [-0.3, -0.25) is 14.4 Å². The van der Waals surface area contributed by atoms with E-state index in [1.165, 1.54) is 18.1 Å². The molecule has 1 heterocycles. The average Bonchev–Trinajstić information content (AvgIpc) is 3.02. The maximum absolute atomic E-state index is 13.3. The van der Waals surface area contributed by atoms with Gasteiger partial charge in [0.15, 0.2) is 0 Å². The molecule has 1 aromatic rings. The van der Waals surface area contributed by atoms with Crippen LogP contribution in [0.1, 0.15) is 28.8 Å². The Morgan fingerprint density at radius 2 is 2.00 bits per heavy atom. The highest BCUT2D eigenvalue weighted by atomic mass is 19.4. The molecule has 2 rings (SSSR count). The minimum atomic E-state index is -4.72. The van der Waals surface area contributed by atoms with Gasteiger partial charge < -0.3 is 19.6 Å². The van der Waals surface area contributed by atoms with Crippen molar-refractivity contribution in [3.8, 4) is 0 Å². The van der Waals surface area contributed by atoms with Crippen molar-refractivity contribution < 1.29 is 37.4 Å². The van der Waals surface area contributed by atoms with E-state index in [1.54, 1.807) is 0 Å². The van der Waals surface area contributed by atoms with Crippen LogP contribution >= 0.6 is 0 Å². The number of benzene rings is 1. The number of carboxylic acid groups (broad SMARTS) is 1. The number of aliphatic carboxylic acids is 1. The summed E-state index contributed by atoms with van der Waals surface area (Å²) in [4.78, 5) is 37.6. The van der Waals surface area contributed by atoms with E-state index in [9.17, 15) is 27.6 Å². The van der Waals surface area contributed by atoms with E-state index in [0.29, 0.717) is 12.5 Å². The second-order valence-electron chi connectivity index (χ2n) is 6.03. The number of methoxy groups -OCH3 is 1. The minimum Gasteiger partial charge on any atom is -0.480 e. The van der Waals surface area contributed by atoms with Crippen LogP contribution in [-0.2, 0) is 20.5 Å². The fraction of sp³-hybridized carbons (Fsp3) is 0.471. The standard InChI is InChI=1S/C17H19F3N2O5/c1-27-6-5-21(10-15(24)25)16(26)11-7-12(17(18,19)20)9-13(8-11)22-4-2-3-14(22)23/h7-9H,2-6,10H2,1H3,(H,24,25). The van der Waals surface area contributed by atoms with Crippen molar-refractivity contribution in [3.63, 3.8) is 0 Å². The predicted octanol–water partition coefficient (Wildman–Crippen LogP) is 2.01. The number of amides is 2. The van der Waals surface area contributed by atoms with Crippen LogP contribution in [0.2, 0.25) is 0 Å². The van der Waals surface area contributed by atoms with Crippen LogP contribution in [0.3, 0.4) is 0 Å². The lowest BCUT2D eigenvalue weighted by molar-refractivity contribution is -0.138. The number of halogens is 3. The number of alkyl halides is 3. The fourth-order valence-corrected chi connectivity index (χ4v) is 2.78. The molecule has 1 aliphatic heterocycles. The van der Waals surface area contributed by atoms with Gasteiger partial charge in [0.25, 0.3) is 5.91 Å². The van der Waals surface area contributed by atoms with E-state index >= 15 is 0 Å². The lowest BCUT2D eigenvalue weighted by atomic mass is 10.1. The zero-order chi connectivity index (χ0) is 20.2. The normalized spacial score (nSPS) is 14.5. The molecule has 1 fully saturated rings. The number of hydrogen-bond acceptors (Lipinski definition) is 4. The molecule has 0 saturated carbocycles. The molecule has 0 atom stereocenters. The van der Waals surface area contributed by atoms with E-state index in [0.717, 1.165) is 11.0 Å². The zero-order valence-electron chi connectivity index (χ0n) is 14.6. The summed E-state index contributed by atoms with van der Waals surface area (Å²) in [5.74, 6) is -2.51. The first kappa shape index (κ1) is 20.7. The van der Waals surface area contributed by atoms with E-state index in [2.05, 4.69) is 0 Å². The molecule has 0 radical (unpaired) electrons. The molecule has 0 aromatic heterocycles. The lowest BCUT2D eigenvalue weighted by Crippen LogP contribution is -2.38. The largest absolute Gasteiger partial charge is 0.480 e. The third-order valence-corrected chi connectivity index (χ3v) is 4.06. The molecule has 2 amide bonds. The Balaban J connectivity index is 2.44. The van der Waals surface area contributed by atoms with Gasteiger partial charge in [-0.2, -0.15) is 13.2 Å². The third kappa shape index (κ3) is 5.19. The maximum atomic E-state index is 13.3. The predicted molar refractivity (Wildman–Crippen MR) is 88.4 cm³/mol. The van der Waals surface area contributed by atoms with Gasteiger partial charge in [0.05, 0.1) is 12.2 Å². The first-order chi connectivity index (χ1) is 12.6. The van der Waals surface area contributed by atoms with Crippen molar-refractivity contribution in [2.75, 3.05) is 38.3 Å². The van der Waals surface area contributed by atoms with Crippen molar-refractivity contribution in [2.24, 2.45) is 0 Å². The Kier molecular flexibility index (Phi) is 6.42. The Morgan fingerprint density at radius 3 is 2.52 bits per heavy atom. The molecular formula is C17H19F3N2O5. The smallest absolute Gasteiger partial charge is 0.416 e. The van der Waals surface area contributed by atoms with Gasteiger partial charge in [0.2, 0.25) is 5.91 Å². The first-order valence-electron chi connectivity index (χ1n) is 8.16. The second kappa shape index (κ2) is 8.38. The molecule has 10 heteroatoms. The van der Waals surface area contributed by atoms with Gasteiger partial charge in [-0.15, -0.1) is 0 Å². The summed E-state index contributed by atoms with van der Waals surface area (Å²) in [5.41, 5.74) is -1.44. The van der Waals surface area contributed by atoms with Gasteiger partial charge >= 0.3 is 12.1 Å². The summed E-state index contributed by atoms with van der Waals surface area (Å²) in [6.45, 7) is -0.502. The Morgan fingerprint density at radius 1 is 1.30 bits per heavy atom. The van der Waals surface area contributed by atoms with Crippen molar-refractivity contribution in [1.29, 1.82) is 0 Å². The molecule has 0 spiro atoms. The molecule has 1 aromatic carbocycles. The molecule has 0 bridgehead atoms. The third-order valence-electron chi connectivity index (χ3n) is 4.06. The van der Waals surface area contributed by atoms with Crippen molar-refractivity contribution in [2.45, 2.75) is 19.0 Å². The second-order valence-corrected chi connectivity index (χ2v) is 6.03. The van der Waals surface area contributed by atoms with Gasteiger partial charge in [-0.1, -0.05) is 0 Å². The van der Waals surface area contributed by atoms with Gasteiger partial charge in [-0.25, -0.2) is 0 Å². The molecule has 7 nitrogen and oxygen atoms in total. The number of nitrogens with zero attached hydrogens (tertiary/aromatic N) is 2. The highest BCUT2D eigenvalue weighted by Gasteiger charge is 2.34. The molecule has 148 valence electrons. The van der Waals surface area contributed by atoms with E-state index in [-0.39, 0.29) is 43.3 Å². The summed E-state index contributed by atoms with van der Waals surface area (Å²) < 4.78 is 44.6. The number of carbonyl (C=O) groups excluding carboxylic acids is 2. The number of carbonyl (C=O) groups is 3.